The average Bonchev–Trinajstić information content (AvgIpc) is 3.71. The van der Waals surface area contributed by atoms with E-state index >= 15 is 0 Å². The van der Waals surface area contributed by atoms with Gasteiger partial charge in [0, 0.05) is 86.4 Å². The lowest BCUT2D eigenvalue weighted by Gasteiger charge is -2.47. The van der Waals surface area contributed by atoms with Gasteiger partial charge in [0.05, 0.1) is 21.6 Å². The fraction of sp³-hybridized carbons (Fsp3) is 0.391. The van der Waals surface area contributed by atoms with Crippen LogP contribution in [0.4, 0.5) is 11.4 Å². The number of benzene rings is 3. The molecule has 3 aromatic carbocycles. The topological polar surface area (TPSA) is 160 Å². The van der Waals surface area contributed by atoms with E-state index in [0.29, 0.717) is 41.8 Å². The van der Waals surface area contributed by atoms with E-state index in [0.717, 1.165) is 67.7 Å². The number of aryl methyl sites for hydroxylation is 1. The van der Waals surface area contributed by atoms with Crippen molar-refractivity contribution in [2.45, 2.75) is 63.2 Å². The number of pyridine rings is 1. The van der Waals surface area contributed by atoms with Crippen LogP contribution in [0.5, 0.6) is 11.5 Å². The molecule has 15 heteroatoms. The highest BCUT2D eigenvalue weighted by atomic mass is 35.5. The first-order valence-electron chi connectivity index (χ1n) is 20.9. The Labute approximate surface area is 361 Å². The van der Waals surface area contributed by atoms with E-state index in [1.165, 1.54) is 60.7 Å². The first kappa shape index (κ1) is 42.4. The second kappa shape index (κ2) is 18.0. The number of H-pyrrole nitrogens is 1. The number of nitro benzene ring substituents is 1. The van der Waals surface area contributed by atoms with Crippen LogP contribution in [0.1, 0.15) is 73.4 Å². The molecular formula is C46H51ClN6O7S. The molecular weight excluding hydrogens is 816 g/mol. The molecule has 3 aliphatic rings. The number of piperazine rings is 1. The molecule has 1 saturated heterocycles. The van der Waals surface area contributed by atoms with Crippen molar-refractivity contribution >= 4 is 55.5 Å². The smallest absolute Gasteiger partial charge is 0.273 e. The molecule has 320 valence electrons. The summed E-state index contributed by atoms with van der Waals surface area (Å²) in [5.41, 5.74) is 6.24. The monoisotopic (exact) mass is 866 g/mol. The lowest BCUT2D eigenvalue weighted by Crippen LogP contribution is -2.47. The van der Waals surface area contributed by atoms with Crippen LogP contribution in [0.15, 0.2) is 95.7 Å². The van der Waals surface area contributed by atoms with Gasteiger partial charge in [0.2, 0.25) is 0 Å². The summed E-state index contributed by atoms with van der Waals surface area (Å²) in [6.45, 7) is 6.54. The molecule has 0 unspecified atom stereocenters. The van der Waals surface area contributed by atoms with Gasteiger partial charge in [-0.1, -0.05) is 48.7 Å². The van der Waals surface area contributed by atoms with E-state index in [4.69, 9.17) is 21.1 Å². The van der Waals surface area contributed by atoms with Crippen LogP contribution in [0.2, 0.25) is 5.02 Å². The number of sulfonamides is 1. The van der Waals surface area contributed by atoms with Gasteiger partial charge in [0.15, 0.2) is 0 Å². The maximum absolute atomic E-state index is 13.9. The van der Waals surface area contributed by atoms with Crippen LogP contribution >= 0.6 is 11.6 Å². The molecule has 8 rings (SSSR count). The number of carbonyl (C=O) groups is 1. The molecule has 0 bridgehead atoms. The minimum Gasteiger partial charge on any atom is -0.455 e. The van der Waals surface area contributed by atoms with E-state index in [1.807, 2.05) is 25.1 Å². The Morgan fingerprint density at radius 2 is 1.82 bits per heavy atom. The molecule has 1 atom stereocenters. The largest absolute Gasteiger partial charge is 0.455 e. The van der Waals surface area contributed by atoms with Crippen molar-refractivity contribution in [1.82, 2.24) is 19.6 Å². The van der Waals surface area contributed by atoms with E-state index in [-0.39, 0.29) is 22.9 Å². The standard InChI is InChI=1S/C46H51ClN6O7S/c1-31(30-59-2)4-5-33-8-12-39(26-42(33)53(55)56)61(57,58)50-45(54)40-13-11-37(25-43(40)60-38-24-34-15-19-48-44(34)49-28-38)52-22-20-51(21-23-52)29-35-14-18-46(16-3-17-46)27-41(35)32-6-9-36(47)10-7-32/h6-13,15,19,24-26,28,31H,3-5,14,16-18,20-23,27,29-30H2,1-2H3,(H,48,49)(H,50,54)/t31-/m1/s1. The lowest BCUT2D eigenvalue weighted by molar-refractivity contribution is -0.385. The van der Waals surface area contributed by atoms with Gasteiger partial charge in [-0.2, -0.15) is 0 Å². The molecule has 3 heterocycles. The van der Waals surface area contributed by atoms with Crippen molar-refractivity contribution in [2.75, 3.05) is 51.3 Å². The highest BCUT2D eigenvalue weighted by molar-refractivity contribution is 7.90. The molecule has 1 spiro atoms. The Morgan fingerprint density at radius 3 is 2.54 bits per heavy atom. The number of methoxy groups -OCH3 is 1. The number of nitro groups is 1. The summed E-state index contributed by atoms with van der Waals surface area (Å²) in [5.74, 6) is -0.291. The highest BCUT2D eigenvalue weighted by Gasteiger charge is 2.41. The van der Waals surface area contributed by atoms with Gasteiger partial charge in [-0.05, 0) is 110 Å². The van der Waals surface area contributed by atoms with Gasteiger partial charge >= 0.3 is 0 Å². The Hall–Kier alpha value is -5.28. The Kier molecular flexibility index (Phi) is 12.5. The molecule has 13 nitrogen and oxygen atoms in total. The first-order chi connectivity index (χ1) is 29.4. The summed E-state index contributed by atoms with van der Waals surface area (Å²) in [6, 6.07) is 20.7. The average molecular weight is 867 g/mol. The zero-order valence-corrected chi connectivity index (χ0v) is 36.1. The minimum atomic E-state index is -4.53. The summed E-state index contributed by atoms with van der Waals surface area (Å²) in [7, 11) is -2.94. The first-order valence-corrected chi connectivity index (χ1v) is 22.8. The summed E-state index contributed by atoms with van der Waals surface area (Å²) in [6.07, 6.45) is 11.7. The van der Waals surface area contributed by atoms with Gasteiger partial charge in [-0.15, -0.1) is 0 Å². The van der Waals surface area contributed by atoms with Crippen LogP contribution < -0.4 is 14.4 Å². The number of carbonyl (C=O) groups excluding carboxylic acids is 1. The van der Waals surface area contributed by atoms with Crippen molar-refractivity contribution in [3.05, 3.63) is 123 Å². The van der Waals surface area contributed by atoms with Gasteiger partial charge in [-0.3, -0.25) is 19.8 Å². The highest BCUT2D eigenvalue weighted by Crippen LogP contribution is 2.55. The number of fused-ring (bicyclic) bond motifs is 1. The SMILES string of the molecule is COC[C@H](C)CCc1ccc(S(=O)(=O)NC(=O)c2ccc(N3CCN(CC4=C(c5ccc(Cl)cc5)CC5(CCC5)CC4)CC3)cc2Oc2cnc3[nH]ccc3c2)cc1[N+](=O)[O-]. The maximum atomic E-state index is 13.9. The number of amides is 1. The maximum Gasteiger partial charge on any atom is 0.273 e. The van der Waals surface area contributed by atoms with Crippen molar-refractivity contribution in [1.29, 1.82) is 0 Å². The molecule has 61 heavy (non-hydrogen) atoms. The van der Waals surface area contributed by atoms with E-state index in [2.05, 4.69) is 36.6 Å². The number of nitrogens with one attached hydrogen (secondary N) is 2. The van der Waals surface area contributed by atoms with Gasteiger partial charge in [0.1, 0.15) is 17.1 Å². The van der Waals surface area contributed by atoms with Crippen LogP contribution in [-0.2, 0) is 21.2 Å². The van der Waals surface area contributed by atoms with Crippen LogP contribution in [0, 0.1) is 21.4 Å². The summed E-state index contributed by atoms with van der Waals surface area (Å²) < 4.78 is 40.9. The van der Waals surface area contributed by atoms with Gasteiger partial charge < -0.3 is 19.4 Å². The second-order valence-corrected chi connectivity index (χ2v) is 19.0. The summed E-state index contributed by atoms with van der Waals surface area (Å²) >= 11 is 6.27. The number of halogens is 1. The Bertz CT molecular complexity index is 2560. The van der Waals surface area contributed by atoms with Crippen molar-refractivity contribution in [3.63, 3.8) is 0 Å². The fourth-order valence-electron chi connectivity index (χ4n) is 9.00. The molecule has 2 aromatic heterocycles. The van der Waals surface area contributed by atoms with E-state index < -0.39 is 25.7 Å². The zero-order valence-electron chi connectivity index (χ0n) is 34.5. The predicted molar refractivity (Wildman–Crippen MR) is 237 cm³/mol. The van der Waals surface area contributed by atoms with Gasteiger partial charge in [-0.25, -0.2) is 18.1 Å². The van der Waals surface area contributed by atoms with Crippen molar-refractivity contribution < 1.29 is 27.6 Å². The van der Waals surface area contributed by atoms with Crippen LogP contribution in [-0.4, -0.2) is 80.6 Å². The zero-order chi connectivity index (χ0) is 42.7. The normalized spacial score (nSPS) is 17.3. The third kappa shape index (κ3) is 9.62. The summed E-state index contributed by atoms with van der Waals surface area (Å²) in [5, 5.41) is 13.6. The van der Waals surface area contributed by atoms with E-state index in [1.54, 1.807) is 37.6 Å². The predicted octanol–water partition coefficient (Wildman–Crippen LogP) is 9.18. The molecule has 5 aromatic rings. The van der Waals surface area contributed by atoms with E-state index in [9.17, 15) is 23.3 Å². The lowest BCUT2D eigenvalue weighted by atomic mass is 9.59. The number of nitrogens with zero attached hydrogens (tertiary/aromatic N) is 4. The molecule has 2 N–H and O–H groups in total. The van der Waals surface area contributed by atoms with Crippen molar-refractivity contribution in [2.24, 2.45) is 11.3 Å². The second-order valence-electron chi connectivity index (χ2n) is 16.8. The third-order valence-electron chi connectivity index (χ3n) is 12.7. The summed E-state index contributed by atoms with van der Waals surface area (Å²) in [4.78, 5) is 37.2. The number of allylic oxidation sites excluding steroid dienone is 1. The number of aromatic nitrogens is 2. The quantitative estimate of drug-likeness (QED) is 0.0767. The number of ether oxygens (including phenoxy) is 2. The number of hydrogen-bond acceptors (Lipinski definition) is 10. The Morgan fingerprint density at radius 1 is 1.03 bits per heavy atom. The van der Waals surface area contributed by atoms with Crippen LogP contribution in [0.3, 0.4) is 0 Å². The number of aromatic amines is 1. The molecule has 0 radical (unpaired) electrons. The molecule has 1 amide bonds. The minimum absolute atomic E-state index is 0.0263. The van der Waals surface area contributed by atoms with Gasteiger partial charge in [0.25, 0.3) is 21.6 Å². The van der Waals surface area contributed by atoms with Crippen molar-refractivity contribution in [3.8, 4) is 11.5 Å². The number of anilines is 1. The molecule has 1 aliphatic heterocycles. The number of hydrogen-bond donors (Lipinski definition) is 2. The number of rotatable bonds is 15. The van der Waals surface area contributed by atoms with Crippen LogP contribution in [0.25, 0.3) is 16.6 Å². The third-order valence-corrected chi connectivity index (χ3v) is 14.2. The molecule has 2 fully saturated rings. The molecule has 2 aliphatic carbocycles. The molecule has 1 saturated carbocycles. The Balaban J connectivity index is 1.01. The fourth-order valence-corrected chi connectivity index (χ4v) is 10.1.